The Morgan fingerprint density at radius 2 is 2.00 bits per heavy atom. The van der Waals surface area contributed by atoms with Gasteiger partial charge in [-0.1, -0.05) is 38.1 Å². The summed E-state index contributed by atoms with van der Waals surface area (Å²) in [5.74, 6) is 1.64. The van der Waals surface area contributed by atoms with Gasteiger partial charge in [0.1, 0.15) is 5.82 Å². The van der Waals surface area contributed by atoms with Crippen LogP contribution >= 0.6 is 0 Å². The standard InChI is InChI=1S/C17H23N3/c1-4-13-5-7-14(8-6-13)16-12(3)20-10-15(18)9-11(2)17(20)19-16/h5-8,11,15H,4,9-10,18H2,1-3H3. The first-order chi connectivity index (χ1) is 9.60. The first-order valence-electron chi connectivity index (χ1n) is 7.52. The number of nitrogens with zero attached hydrogens (tertiary/aromatic N) is 2. The van der Waals surface area contributed by atoms with E-state index >= 15 is 0 Å². The molecule has 106 valence electrons. The molecular weight excluding hydrogens is 246 g/mol. The second-order valence-electron chi connectivity index (χ2n) is 5.96. The van der Waals surface area contributed by atoms with Crippen molar-refractivity contribution in [3.05, 3.63) is 41.3 Å². The van der Waals surface area contributed by atoms with E-state index in [4.69, 9.17) is 10.7 Å². The molecule has 2 heterocycles. The topological polar surface area (TPSA) is 43.8 Å². The average molecular weight is 269 g/mol. The van der Waals surface area contributed by atoms with Gasteiger partial charge in [0.25, 0.3) is 0 Å². The second-order valence-corrected chi connectivity index (χ2v) is 5.96. The molecule has 20 heavy (non-hydrogen) atoms. The minimum absolute atomic E-state index is 0.251. The van der Waals surface area contributed by atoms with Crippen LogP contribution in [0.4, 0.5) is 0 Å². The molecule has 1 aliphatic rings. The third-order valence-electron chi connectivity index (χ3n) is 4.40. The molecule has 0 saturated heterocycles. The van der Waals surface area contributed by atoms with Gasteiger partial charge in [0.2, 0.25) is 0 Å². The van der Waals surface area contributed by atoms with Gasteiger partial charge >= 0.3 is 0 Å². The number of benzene rings is 1. The maximum atomic E-state index is 6.15. The van der Waals surface area contributed by atoms with Crippen molar-refractivity contribution in [3.8, 4) is 11.3 Å². The quantitative estimate of drug-likeness (QED) is 0.909. The molecule has 0 fully saturated rings. The van der Waals surface area contributed by atoms with Crippen molar-refractivity contribution >= 4 is 0 Å². The van der Waals surface area contributed by atoms with Crippen LogP contribution in [0.3, 0.4) is 0 Å². The maximum absolute atomic E-state index is 6.15. The highest BCUT2D eigenvalue weighted by Crippen LogP contribution is 2.32. The van der Waals surface area contributed by atoms with E-state index in [-0.39, 0.29) is 6.04 Å². The largest absolute Gasteiger partial charge is 0.330 e. The molecule has 0 amide bonds. The molecular formula is C17H23N3. The van der Waals surface area contributed by atoms with E-state index < -0.39 is 0 Å². The van der Waals surface area contributed by atoms with E-state index in [1.165, 1.54) is 22.6 Å². The van der Waals surface area contributed by atoms with Gasteiger partial charge in [0.05, 0.1) is 5.69 Å². The zero-order valence-electron chi connectivity index (χ0n) is 12.6. The van der Waals surface area contributed by atoms with Gasteiger partial charge in [0, 0.05) is 29.8 Å². The lowest BCUT2D eigenvalue weighted by atomic mass is 9.98. The number of hydrogen-bond acceptors (Lipinski definition) is 2. The van der Waals surface area contributed by atoms with Gasteiger partial charge < -0.3 is 10.3 Å². The van der Waals surface area contributed by atoms with Crippen LogP contribution in [-0.4, -0.2) is 15.6 Å². The molecule has 2 aromatic rings. The Kier molecular flexibility index (Phi) is 3.38. The fraction of sp³-hybridized carbons (Fsp3) is 0.471. The predicted octanol–water partition coefficient (Wildman–Crippen LogP) is 3.26. The number of rotatable bonds is 2. The highest BCUT2D eigenvalue weighted by molar-refractivity contribution is 5.63. The summed E-state index contributed by atoms with van der Waals surface area (Å²) >= 11 is 0. The number of fused-ring (bicyclic) bond motifs is 1. The third-order valence-corrected chi connectivity index (χ3v) is 4.40. The van der Waals surface area contributed by atoms with E-state index in [1.807, 2.05) is 0 Å². The number of nitrogens with two attached hydrogens (primary N) is 1. The molecule has 0 spiro atoms. The summed E-state index contributed by atoms with van der Waals surface area (Å²) in [7, 11) is 0. The van der Waals surface area contributed by atoms with Gasteiger partial charge in [-0.2, -0.15) is 0 Å². The lowest BCUT2D eigenvalue weighted by molar-refractivity contribution is 0.403. The van der Waals surface area contributed by atoms with Gasteiger partial charge in [-0.15, -0.1) is 0 Å². The molecule has 0 saturated carbocycles. The fourth-order valence-electron chi connectivity index (χ4n) is 3.20. The molecule has 0 aliphatic carbocycles. The van der Waals surface area contributed by atoms with Crippen LogP contribution in [0.25, 0.3) is 11.3 Å². The van der Waals surface area contributed by atoms with Crippen molar-refractivity contribution in [2.24, 2.45) is 5.73 Å². The average Bonchev–Trinajstić information content (AvgIpc) is 2.77. The summed E-state index contributed by atoms with van der Waals surface area (Å²) in [5, 5.41) is 0. The molecule has 3 rings (SSSR count). The predicted molar refractivity (Wildman–Crippen MR) is 82.8 cm³/mol. The van der Waals surface area contributed by atoms with Crippen LogP contribution in [0, 0.1) is 6.92 Å². The molecule has 0 bridgehead atoms. The van der Waals surface area contributed by atoms with Crippen LogP contribution in [0.1, 0.15) is 43.3 Å². The molecule has 2 atom stereocenters. The number of imidazole rings is 1. The van der Waals surface area contributed by atoms with Gasteiger partial charge in [-0.05, 0) is 25.3 Å². The molecule has 2 N–H and O–H groups in total. The molecule has 1 aromatic heterocycles. The van der Waals surface area contributed by atoms with Crippen LogP contribution in [-0.2, 0) is 13.0 Å². The Labute approximate surface area is 120 Å². The first-order valence-corrected chi connectivity index (χ1v) is 7.52. The van der Waals surface area contributed by atoms with Crippen molar-refractivity contribution in [1.82, 2.24) is 9.55 Å². The van der Waals surface area contributed by atoms with E-state index in [0.29, 0.717) is 5.92 Å². The second kappa shape index (κ2) is 5.06. The highest BCUT2D eigenvalue weighted by atomic mass is 15.1. The Hall–Kier alpha value is -1.61. The van der Waals surface area contributed by atoms with E-state index in [2.05, 4.69) is 49.6 Å². The van der Waals surface area contributed by atoms with E-state index in [0.717, 1.165) is 25.1 Å². The summed E-state index contributed by atoms with van der Waals surface area (Å²) in [6.07, 6.45) is 2.11. The Balaban J connectivity index is 2.04. The van der Waals surface area contributed by atoms with Crippen molar-refractivity contribution in [2.45, 2.75) is 52.1 Å². The summed E-state index contributed by atoms with van der Waals surface area (Å²) in [4.78, 5) is 4.90. The molecule has 1 aliphatic heterocycles. The fourth-order valence-corrected chi connectivity index (χ4v) is 3.20. The van der Waals surface area contributed by atoms with Crippen LogP contribution in [0.5, 0.6) is 0 Å². The van der Waals surface area contributed by atoms with Crippen LogP contribution < -0.4 is 5.73 Å². The van der Waals surface area contributed by atoms with Gasteiger partial charge in [-0.3, -0.25) is 0 Å². The smallest absolute Gasteiger partial charge is 0.112 e. The SMILES string of the molecule is CCc1ccc(-c2nc3n(c2C)CC(N)CC3C)cc1. The van der Waals surface area contributed by atoms with Crippen molar-refractivity contribution < 1.29 is 0 Å². The number of hydrogen-bond donors (Lipinski definition) is 1. The lowest BCUT2D eigenvalue weighted by Gasteiger charge is -2.26. The molecule has 3 nitrogen and oxygen atoms in total. The monoisotopic (exact) mass is 269 g/mol. The number of aromatic nitrogens is 2. The maximum Gasteiger partial charge on any atom is 0.112 e. The zero-order chi connectivity index (χ0) is 14.3. The van der Waals surface area contributed by atoms with Crippen molar-refractivity contribution in [1.29, 1.82) is 0 Å². The molecule has 0 radical (unpaired) electrons. The zero-order valence-corrected chi connectivity index (χ0v) is 12.6. The molecule has 3 heteroatoms. The minimum Gasteiger partial charge on any atom is -0.330 e. The third kappa shape index (κ3) is 2.16. The van der Waals surface area contributed by atoms with Crippen LogP contribution in [0.15, 0.2) is 24.3 Å². The van der Waals surface area contributed by atoms with E-state index in [1.54, 1.807) is 0 Å². The van der Waals surface area contributed by atoms with Crippen LogP contribution in [0.2, 0.25) is 0 Å². The normalized spacial score (nSPS) is 21.8. The summed E-state index contributed by atoms with van der Waals surface area (Å²) < 4.78 is 2.31. The Morgan fingerprint density at radius 1 is 1.30 bits per heavy atom. The Bertz CT molecular complexity index is 610. The van der Waals surface area contributed by atoms with E-state index in [9.17, 15) is 0 Å². The van der Waals surface area contributed by atoms with Crippen molar-refractivity contribution in [2.75, 3.05) is 0 Å². The summed E-state index contributed by atoms with van der Waals surface area (Å²) in [6, 6.07) is 9.01. The Morgan fingerprint density at radius 3 is 2.65 bits per heavy atom. The highest BCUT2D eigenvalue weighted by Gasteiger charge is 2.26. The summed E-state index contributed by atoms with van der Waals surface area (Å²) in [6.45, 7) is 7.45. The first kappa shape index (κ1) is 13.4. The van der Waals surface area contributed by atoms with Gasteiger partial charge in [-0.25, -0.2) is 4.98 Å². The van der Waals surface area contributed by atoms with Gasteiger partial charge in [0.15, 0.2) is 0 Å². The molecule has 2 unspecified atom stereocenters. The van der Waals surface area contributed by atoms with Crippen molar-refractivity contribution in [3.63, 3.8) is 0 Å². The lowest BCUT2D eigenvalue weighted by Crippen LogP contribution is -2.34. The number of aryl methyl sites for hydroxylation is 1. The molecule has 1 aromatic carbocycles. The summed E-state index contributed by atoms with van der Waals surface area (Å²) in [5.41, 5.74) is 11.1. The minimum atomic E-state index is 0.251.